The molecule has 0 saturated heterocycles. The summed E-state index contributed by atoms with van der Waals surface area (Å²) in [5.74, 6) is -4.25. The smallest absolute Gasteiger partial charge is 0.251 e. The van der Waals surface area contributed by atoms with Crippen molar-refractivity contribution in [2.24, 2.45) is 0 Å². The number of anilines is 2. The quantitative estimate of drug-likeness (QED) is 0.822. The number of rotatable bonds is 2. The highest BCUT2D eigenvalue weighted by Gasteiger charge is 2.12. The molecular weight excluding hydrogens is 288 g/mol. The molecule has 94 valence electrons. The van der Waals surface area contributed by atoms with Crippen molar-refractivity contribution >= 4 is 34.7 Å². The molecule has 2 rings (SSSR count). The van der Waals surface area contributed by atoms with Gasteiger partial charge >= 0.3 is 0 Å². The third-order valence-electron chi connectivity index (χ3n) is 2.07. The minimum Gasteiger partial charge on any atom is -0.336 e. The molecule has 0 amide bonds. The van der Waals surface area contributed by atoms with E-state index in [1.807, 2.05) is 0 Å². The summed E-state index contributed by atoms with van der Waals surface area (Å²) >= 11 is 11.5. The van der Waals surface area contributed by atoms with Gasteiger partial charge in [-0.25, -0.2) is 8.78 Å². The molecule has 1 aromatic heterocycles. The lowest BCUT2D eigenvalue weighted by Gasteiger charge is -2.08. The maximum absolute atomic E-state index is 13.3. The van der Waals surface area contributed by atoms with Gasteiger partial charge in [-0.15, -0.1) is 0 Å². The molecule has 0 aliphatic heterocycles. The lowest BCUT2D eigenvalue weighted by Crippen LogP contribution is -2.01. The standard InChI is InChI=1S/C11H5Cl2F3N2/c12-5-1-2-9(6(13)3-5)17-11-8(15)4-7(14)10(16)18-11/h1-4H,(H,17,18). The number of halogens is 5. The lowest BCUT2D eigenvalue weighted by molar-refractivity contribution is 0.467. The number of nitrogens with zero attached hydrogens (tertiary/aromatic N) is 1. The van der Waals surface area contributed by atoms with Gasteiger partial charge in [0.15, 0.2) is 17.5 Å². The molecule has 1 N–H and O–H groups in total. The SMILES string of the molecule is Fc1cc(F)c(Nc2ccc(Cl)cc2Cl)nc1F. The van der Waals surface area contributed by atoms with Crippen molar-refractivity contribution in [2.75, 3.05) is 5.32 Å². The van der Waals surface area contributed by atoms with E-state index in [0.29, 0.717) is 11.1 Å². The molecule has 0 bridgehead atoms. The van der Waals surface area contributed by atoms with Gasteiger partial charge in [-0.2, -0.15) is 9.37 Å². The van der Waals surface area contributed by atoms with Gasteiger partial charge in [0.25, 0.3) is 5.95 Å². The summed E-state index contributed by atoms with van der Waals surface area (Å²) in [7, 11) is 0. The summed E-state index contributed by atoms with van der Waals surface area (Å²) in [6.07, 6.45) is 0. The van der Waals surface area contributed by atoms with Gasteiger partial charge in [0.2, 0.25) is 0 Å². The average molecular weight is 293 g/mol. The van der Waals surface area contributed by atoms with Crippen molar-refractivity contribution < 1.29 is 13.2 Å². The minimum atomic E-state index is -1.40. The van der Waals surface area contributed by atoms with Crippen LogP contribution in [0.4, 0.5) is 24.7 Å². The molecular formula is C11H5Cl2F3N2. The van der Waals surface area contributed by atoms with Crippen molar-refractivity contribution in [1.29, 1.82) is 0 Å². The highest BCUT2D eigenvalue weighted by Crippen LogP contribution is 2.28. The molecule has 0 aliphatic rings. The Bertz CT molecular complexity index is 605. The van der Waals surface area contributed by atoms with Gasteiger partial charge in [-0.1, -0.05) is 23.2 Å². The normalized spacial score (nSPS) is 10.5. The molecule has 0 aliphatic carbocycles. The maximum atomic E-state index is 13.3. The van der Waals surface area contributed by atoms with Crippen molar-refractivity contribution in [2.45, 2.75) is 0 Å². The van der Waals surface area contributed by atoms with Gasteiger partial charge in [0.1, 0.15) is 0 Å². The largest absolute Gasteiger partial charge is 0.336 e. The summed E-state index contributed by atoms with van der Waals surface area (Å²) in [5.41, 5.74) is 0.276. The van der Waals surface area contributed by atoms with E-state index in [9.17, 15) is 13.2 Å². The monoisotopic (exact) mass is 292 g/mol. The Morgan fingerprint density at radius 1 is 1.00 bits per heavy atom. The lowest BCUT2D eigenvalue weighted by atomic mass is 10.3. The van der Waals surface area contributed by atoms with Crippen LogP contribution >= 0.6 is 23.2 Å². The molecule has 2 nitrogen and oxygen atoms in total. The van der Waals surface area contributed by atoms with E-state index in [4.69, 9.17) is 23.2 Å². The molecule has 0 radical (unpaired) electrons. The van der Waals surface area contributed by atoms with Gasteiger partial charge in [-0.05, 0) is 18.2 Å². The van der Waals surface area contributed by atoms with Crippen molar-refractivity contribution in [3.63, 3.8) is 0 Å². The molecule has 0 saturated carbocycles. The molecule has 0 unspecified atom stereocenters. The molecule has 1 heterocycles. The van der Waals surface area contributed by atoms with Crippen LogP contribution in [0.5, 0.6) is 0 Å². The Balaban J connectivity index is 2.37. The number of aromatic nitrogens is 1. The summed E-state index contributed by atoms with van der Waals surface area (Å²) in [6.45, 7) is 0. The number of benzene rings is 1. The average Bonchev–Trinajstić information content (AvgIpc) is 2.29. The number of hydrogen-bond acceptors (Lipinski definition) is 2. The zero-order valence-corrected chi connectivity index (χ0v) is 10.2. The van der Waals surface area contributed by atoms with Gasteiger partial charge in [0.05, 0.1) is 10.7 Å². The second-order valence-corrected chi connectivity index (χ2v) is 4.18. The van der Waals surface area contributed by atoms with E-state index in [0.717, 1.165) is 0 Å². The molecule has 18 heavy (non-hydrogen) atoms. The van der Waals surface area contributed by atoms with Crippen LogP contribution in [0.15, 0.2) is 24.3 Å². The van der Waals surface area contributed by atoms with E-state index in [-0.39, 0.29) is 10.7 Å². The van der Waals surface area contributed by atoms with Gasteiger partial charge in [-0.3, -0.25) is 0 Å². The van der Waals surface area contributed by atoms with Crippen LogP contribution < -0.4 is 5.32 Å². The summed E-state index contributed by atoms with van der Waals surface area (Å²) in [6, 6.07) is 4.79. The molecule has 0 atom stereocenters. The van der Waals surface area contributed by atoms with E-state index in [1.165, 1.54) is 18.2 Å². The summed E-state index contributed by atoms with van der Waals surface area (Å²) in [4.78, 5) is 3.11. The molecule has 2 aromatic rings. The first kappa shape index (κ1) is 13.0. The topological polar surface area (TPSA) is 24.9 Å². The Kier molecular flexibility index (Phi) is 3.63. The fourth-order valence-electron chi connectivity index (χ4n) is 1.25. The van der Waals surface area contributed by atoms with Gasteiger partial charge < -0.3 is 5.32 Å². The molecule has 0 fully saturated rings. The van der Waals surface area contributed by atoms with Crippen LogP contribution in [0.1, 0.15) is 0 Å². The van der Waals surface area contributed by atoms with Crippen LogP contribution in [0.25, 0.3) is 0 Å². The second-order valence-electron chi connectivity index (χ2n) is 3.34. The Morgan fingerprint density at radius 3 is 2.39 bits per heavy atom. The van der Waals surface area contributed by atoms with E-state index < -0.39 is 23.4 Å². The Hall–Kier alpha value is -1.46. The van der Waals surface area contributed by atoms with Gasteiger partial charge in [0, 0.05) is 11.1 Å². The number of hydrogen-bond donors (Lipinski definition) is 1. The highest BCUT2D eigenvalue weighted by atomic mass is 35.5. The van der Waals surface area contributed by atoms with E-state index in [1.54, 1.807) is 0 Å². The minimum absolute atomic E-state index is 0.202. The van der Waals surface area contributed by atoms with Crippen LogP contribution in [0.2, 0.25) is 10.0 Å². The zero-order valence-electron chi connectivity index (χ0n) is 8.65. The van der Waals surface area contributed by atoms with Crippen molar-refractivity contribution in [1.82, 2.24) is 4.98 Å². The molecule has 0 spiro atoms. The first-order valence-electron chi connectivity index (χ1n) is 4.71. The third kappa shape index (κ3) is 2.68. The van der Waals surface area contributed by atoms with Crippen LogP contribution in [-0.2, 0) is 0 Å². The van der Waals surface area contributed by atoms with E-state index >= 15 is 0 Å². The molecule has 1 aromatic carbocycles. The predicted molar refractivity (Wildman–Crippen MR) is 63.9 cm³/mol. The first-order chi connectivity index (χ1) is 8.47. The van der Waals surface area contributed by atoms with Crippen LogP contribution in [0, 0.1) is 17.6 Å². The fourth-order valence-corrected chi connectivity index (χ4v) is 1.71. The Morgan fingerprint density at radius 2 is 1.72 bits per heavy atom. The number of nitrogens with one attached hydrogen (secondary N) is 1. The zero-order chi connectivity index (χ0) is 13.3. The Labute approximate surface area is 110 Å². The van der Waals surface area contributed by atoms with Crippen molar-refractivity contribution in [3.8, 4) is 0 Å². The summed E-state index contributed by atoms with van der Waals surface area (Å²) in [5, 5.41) is 3.05. The second kappa shape index (κ2) is 5.04. The maximum Gasteiger partial charge on any atom is 0.251 e. The van der Waals surface area contributed by atoms with E-state index in [2.05, 4.69) is 10.3 Å². The fraction of sp³-hybridized carbons (Fsp3) is 0. The first-order valence-corrected chi connectivity index (χ1v) is 5.46. The summed E-state index contributed by atoms with van der Waals surface area (Å²) < 4.78 is 38.9. The molecule has 7 heteroatoms. The van der Waals surface area contributed by atoms with Crippen LogP contribution in [0.3, 0.4) is 0 Å². The predicted octanol–water partition coefficient (Wildman–Crippen LogP) is 4.55. The number of pyridine rings is 1. The highest BCUT2D eigenvalue weighted by molar-refractivity contribution is 6.36. The third-order valence-corrected chi connectivity index (χ3v) is 2.62. The van der Waals surface area contributed by atoms with Crippen LogP contribution in [-0.4, -0.2) is 4.98 Å². The van der Waals surface area contributed by atoms with Crippen molar-refractivity contribution in [3.05, 3.63) is 51.9 Å².